The predicted molar refractivity (Wildman–Crippen MR) is 50.5 cm³/mol. The highest BCUT2D eigenvalue weighted by molar-refractivity contribution is 5.26. The van der Waals surface area contributed by atoms with Crippen LogP contribution in [0.1, 0.15) is 5.56 Å². The maximum absolute atomic E-state index is 12.0. The van der Waals surface area contributed by atoms with Gasteiger partial charge in [-0.1, -0.05) is 12.1 Å². The van der Waals surface area contributed by atoms with Crippen molar-refractivity contribution in [2.75, 3.05) is 13.6 Å². The van der Waals surface area contributed by atoms with Crippen LogP contribution in [0.15, 0.2) is 24.3 Å². The third kappa shape index (κ3) is 4.69. The van der Waals surface area contributed by atoms with Gasteiger partial charge in [0, 0.05) is 6.54 Å². The first-order chi connectivity index (χ1) is 6.87. The molecule has 0 radical (unpaired) electrons. The maximum atomic E-state index is 12.0. The second kappa shape index (κ2) is 4.53. The zero-order valence-corrected chi connectivity index (χ0v) is 8.25. The van der Waals surface area contributed by atoms with Crippen LogP contribution >= 0.6 is 0 Å². The largest absolute Gasteiger partial charge is 0.508 e. The minimum absolute atomic E-state index is 0.0629. The van der Waals surface area contributed by atoms with Crippen molar-refractivity contribution in [3.63, 3.8) is 0 Å². The molecule has 1 aromatic rings. The summed E-state index contributed by atoms with van der Waals surface area (Å²) in [6.45, 7) is -0.795. The van der Waals surface area contributed by atoms with Gasteiger partial charge in [-0.05, 0) is 24.7 Å². The van der Waals surface area contributed by atoms with Crippen molar-refractivity contribution >= 4 is 0 Å². The third-order valence-electron chi connectivity index (χ3n) is 1.81. The van der Waals surface area contributed by atoms with Crippen LogP contribution in [0.25, 0.3) is 0 Å². The van der Waals surface area contributed by atoms with Crippen molar-refractivity contribution in [3.05, 3.63) is 29.8 Å². The van der Waals surface area contributed by atoms with Crippen LogP contribution in [0.2, 0.25) is 0 Å². The van der Waals surface area contributed by atoms with Gasteiger partial charge >= 0.3 is 6.18 Å². The van der Waals surface area contributed by atoms with Crippen molar-refractivity contribution < 1.29 is 18.3 Å². The molecule has 1 rings (SSSR count). The molecule has 0 aliphatic heterocycles. The third-order valence-corrected chi connectivity index (χ3v) is 1.81. The maximum Gasteiger partial charge on any atom is 0.401 e. The van der Waals surface area contributed by atoms with Gasteiger partial charge < -0.3 is 5.11 Å². The monoisotopic (exact) mass is 219 g/mol. The lowest BCUT2D eigenvalue weighted by molar-refractivity contribution is -0.144. The number of nitrogens with zero attached hydrogens (tertiary/aromatic N) is 1. The molecule has 1 aromatic carbocycles. The van der Waals surface area contributed by atoms with Gasteiger partial charge in [-0.25, -0.2) is 0 Å². The molecule has 0 aliphatic rings. The molecule has 1 N–H and O–H groups in total. The van der Waals surface area contributed by atoms with Gasteiger partial charge in [0.25, 0.3) is 0 Å². The van der Waals surface area contributed by atoms with Crippen LogP contribution in [0.5, 0.6) is 5.75 Å². The highest BCUT2D eigenvalue weighted by Gasteiger charge is 2.28. The molecular formula is C10H12F3NO. The Morgan fingerprint density at radius 1 is 1.33 bits per heavy atom. The van der Waals surface area contributed by atoms with E-state index in [1.54, 1.807) is 12.1 Å². The Labute approximate surface area is 85.9 Å². The van der Waals surface area contributed by atoms with Crippen LogP contribution in [0.4, 0.5) is 13.2 Å². The van der Waals surface area contributed by atoms with Gasteiger partial charge in [0.1, 0.15) is 5.75 Å². The molecule has 0 fully saturated rings. The summed E-state index contributed by atoms with van der Waals surface area (Å²) in [7, 11) is 1.39. The van der Waals surface area contributed by atoms with E-state index < -0.39 is 12.7 Å². The number of phenolic OH excluding ortho intramolecular Hbond substituents is 1. The van der Waals surface area contributed by atoms with Crippen LogP contribution < -0.4 is 0 Å². The molecular weight excluding hydrogens is 207 g/mol. The molecule has 0 bridgehead atoms. The number of halogens is 3. The zero-order valence-electron chi connectivity index (χ0n) is 8.25. The number of rotatable bonds is 3. The normalized spacial score (nSPS) is 12.1. The lowest BCUT2D eigenvalue weighted by Crippen LogP contribution is -2.30. The van der Waals surface area contributed by atoms with Crippen LogP contribution in [-0.2, 0) is 6.54 Å². The quantitative estimate of drug-likeness (QED) is 0.843. The summed E-state index contributed by atoms with van der Waals surface area (Å²) in [5.74, 6) is 0.0629. The molecule has 0 spiro atoms. The molecule has 5 heteroatoms. The highest BCUT2D eigenvalue weighted by atomic mass is 19.4. The van der Waals surface area contributed by atoms with Crippen molar-refractivity contribution in [2.24, 2.45) is 0 Å². The van der Waals surface area contributed by atoms with E-state index in [1.807, 2.05) is 0 Å². The predicted octanol–water partition coefficient (Wildman–Crippen LogP) is 2.39. The van der Waals surface area contributed by atoms with Crippen molar-refractivity contribution in [3.8, 4) is 5.75 Å². The van der Waals surface area contributed by atoms with Crippen molar-refractivity contribution in [2.45, 2.75) is 12.7 Å². The SMILES string of the molecule is CN(Cc1cccc(O)c1)CC(F)(F)F. The minimum atomic E-state index is -4.19. The zero-order chi connectivity index (χ0) is 11.5. The standard InChI is InChI=1S/C10H12F3NO/c1-14(7-10(11,12)13)6-8-3-2-4-9(15)5-8/h2-5,15H,6-7H2,1H3. The summed E-state index contributed by atoms with van der Waals surface area (Å²) in [6, 6.07) is 6.21. The molecule has 0 amide bonds. The molecule has 84 valence electrons. The summed E-state index contributed by atoms with van der Waals surface area (Å²) >= 11 is 0. The number of hydrogen-bond acceptors (Lipinski definition) is 2. The van der Waals surface area contributed by atoms with E-state index in [4.69, 9.17) is 5.11 Å². The van der Waals surface area contributed by atoms with Crippen molar-refractivity contribution in [1.82, 2.24) is 4.90 Å². The van der Waals surface area contributed by atoms with Gasteiger partial charge in [0.2, 0.25) is 0 Å². The topological polar surface area (TPSA) is 23.5 Å². The summed E-state index contributed by atoms with van der Waals surface area (Å²) in [4.78, 5) is 1.15. The first-order valence-electron chi connectivity index (χ1n) is 4.40. The fourth-order valence-corrected chi connectivity index (χ4v) is 1.33. The van der Waals surface area contributed by atoms with Crippen molar-refractivity contribution in [1.29, 1.82) is 0 Å². The lowest BCUT2D eigenvalue weighted by atomic mass is 10.2. The first-order valence-corrected chi connectivity index (χ1v) is 4.40. The van der Waals surface area contributed by atoms with E-state index in [-0.39, 0.29) is 12.3 Å². The summed E-state index contributed by atoms with van der Waals surface area (Å²) in [5.41, 5.74) is 0.654. The minimum Gasteiger partial charge on any atom is -0.508 e. The number of benzene rings is 1. The molecule has 0 aromatic heterocycles. The van der Waals surface area contributed by atoms with Gasteiger partial charge in [0.05, 0.1) is 6.54 Å². The number of hydrogen-bond donors (Lipinski definition) is 1. The lowest BCUT2D eigenvalue weighted by Gasteiger charge is -2.18. The van der Waals surface area contributed by atoms with Gasteiger partial charge in [-0.3, -0.25) is 4.90 Å². The highest BCUT2D eigenvalue weighted by Crippen LogP contribution is 2.18. The summed E-state index contributed by atoms with van der Waals surface area (Å²) in [5, 5.41) is 9.12. The molecule has 0 saturated carbocycles. The number of aromatic hydroxyl groups is 1. The Bertz CT molecular complexity index is 325. The van der Waals surface area contributed by atoms with E-state index in [0.29, 0.717) is 5.56 Å². The van der Waals surface area contributed by atoms with E-state index >= 15 is 0 Å². The second-order valence-electron chi connectivity index (χ2n) is 3.46. The molecule has 0 saturated heterocycles. The van der Waals surface area contributed by atoms with Crippen LogP contribution in [0.3, 0.4) is 0 Å². The average Bonchev–Trinajstić information content (AvgIpc) is 1.99. The summed E-state index contributed by atoms with van der Waals surface area (Å²) in [6.07, 6.45) is -4.19. The Hall–Kier alpha value is -1.23. The molecule has 0 atom stereocenters. The number of phenols is 1. The smallest absolute Gasteiger partial charge is 0.401 e. The van der Waals surface area contributed by atoms with E-state index in [0.717, 1.165) is 4.90 Å². The molecule has 0 heterocycles. The van der Waals surface area contributed by atoms with Gasteiger partial charge in [-0.15, -0.1) is 0 Å². The Kier molecular flexibility index (Phi) is 3.57. The Morgan fingerprint density at radius 3 is 2.53 bits per heavy atom. The van der Waals surface area contributed by atoms with Gasteiger partial charge in [-0.2, -0.15) is 13.2 Å². The van der Waals surface area contributed by atoms with Gasteiger partial charge in [0.15, 0.2) is 0 Å². The first kappa shape index (κ1) is 11.8. The van der Waals surface area contributed by atoms with E-state index in [9.17, 15) is 13.2 Å². The molecule has 15 heavy (non-hydrogen) atoms. The second-order valence-corrected chi connectivity index (χ2v) is 3.46. The molecule has 0 unspecified atom stereocenters. The van der Waals surface area contributed by atoms with E-state index in [2.05, 4.69) is 0 Å². The average molecular weight is 219 g/mol. The summed E-state index contributed by atoms with van der Waals surface area (Å²) < 4.78 is 36.0. The van der Waals surface area contributed by atoms with E-state index in [1.165, 1.54) is 19.2 Å². The fraction of sp³-hybridized carbons (Fsp3) is 0.400. The molecule has 0 aliphatic carbocycles. The molecule has 2 nitrogen and oxygen atoms in total. The van der Waals surface area contributed by atoms with Crippen LogP contribution in [0, 0.1) is 0 Å². The fourth-order valence-electron chi connectivity index (χ4n) is 1.33. The Balaban J connectivity index is 2.55. The Morgan fingerprint density at radius 2 is 2.00 bits per heavy atom. The number of alkyl halides is 3. The van der Waals surface area contributed by atoms with Crippen LogP contribution in [-0.4, -0.2) is 29.8 Å².